The number of carbonyl (C=O) groups is 2. The smallest absolute Gasteiger partial charge is 0.493 e. The van der Waals surface area contributed by atoms with E-state index in [1.165, 1.54) is 25.4 Å². The second-order valence-electron chi connectivity index (χ2n) is 8.60. The number of hydrogen-bond donors (Lipinski definition) is 2. The number of hydrogen-bond acceptors (Lipinski definition) is 6. The third kappa shape index (κ3) is 5.90. The maximum Gasteiger partial charge on any atom is 0.573 e. The fraction of sp³-hybridized carbons (Fsp3) is 0.240. The number of ether oxygens (including phenoxy) is 3. The summed E-state index contributed by atoms with van der Waals surface area (Å²) in [7, 11) is 1.24. The molecular weight excluding hydrogens is 498 g/mol. The van der Waals surface area contributed by atoms with Crippen molar-refractivity contribution in [2.75, 3.05) is 12.4 Å². The van der Waals surface area contributed by atoms with E-state index in [9.17, 15) is 27.2 Å². The Bertz CT molecular complexity index is 1380. The molecule has 2 amide bonds. The molecule has 12 heteroatoms. The topological polar surface area (TPSA) is 113 Å². The molecule has 0 bridgehead atoms. The van der Waals surface area contributed by atoms with Crippen molar-refractivity contribution in [1.82, 2.24) is 4.98 Å². The third-order valence-electron chi connectivity index (χ3n) is 5.81. The Kier molecular flexibility index (Phi) is 6.68. The number of nitrogens with one attached hydrogen (secondary N) is 1. The van der Waals surface area contributed by atoms with Gasteiger partial charge in [-0.25, -0.2) is 4.39 Å². The molecule has 4 rings (SSSR count). The molecule has 0 aliphatic heterocycles. The van der Waals surface area contributed by atoms with Crippen LogP contribution in [0.5, 0.6) is 23.0 Å². The van der Waals surface area contributed by atoms with Gasteiger partial charge >= 0.3 is 6.36 Å². The van der Waals surface area contributed by atoms with Crippen LogP contribution in [0.3, 0.4) is 0 Å². The molecule has 0 saturated heterocycles. The van der Waals surface area contributed by atoms with E-state index in [-0.39, 0.29) is 35.3 Å². The Balaban J connectivity index is 0.00000400. The van der Waals surface area contributed by atoms with E-state index < -0.39 is 35.3 Å². The van der Waals surface area contributed by atoms with Gasteiger partial charge < -0.3 is 25.3 Å². The Morgan fingerprint density at radius 3 is 2.41 bits per heavy atom. The van der Waals surface area contributed by atoms with Crippen molar-refractivity contribution in [3.63, 3.8) is 0 Å². The first-order valence-electron chi connectivity index (χ1n) is 10.9. The summed E-state index contributed by atoms with van der Waals surface area (Å²) in [5.41, 5.74) is 5.28. The fourth-order valence-corrected chi connectivity index (χ4v) is 3.50. The van der Waals surface area contributed by atoms with Crippen molar-refractivity contribution < 1.29 is 42.8 Å². The number of pyridine rings is 1. The largest absolute Gasteiger partial charge is 0.573 e. The van der Waals surface area contributed by atoms with Crippen molar-refractivity contribution in [1.29, 1.82) is 0 Å². The molecule has 1 aliphatic carbocycles. The van der Waals surface area contributed by atoms with E-state index >= 15 is 0 Å². The van der Waals surface area contributed by atoms with E-state index in [1.54, 1.807) is 6.07 Å². The molecule has 1 aliphatic rings. The lowest BCUT2D eigenvalue weighted by Crippen LogP contribution is -2.17. The molecule has 1 fully saturated rings. The molecule has 1 saturated carbocycles. The summed E-state index contributed by atoms with van der Waals surface area (Å²) >= 11 is 0. The number of alkyl halides is 3. The van der Waals surface area contributed by atoms with Crippen molar-refractivity contribution >= 4 is 17.5 Å². The van der Waals surface area contributed by atoms with Crippen LogP contribution in [0.15, 0.2) is 48.7 Å². The fourth-order valence-electron chi connectivity index (χ4n) is 3.50. The normalized spacial score (nSPS) is 14.0. The number of amides is 2. The first-order valence-corrected chi connectivity index (χ1v) is 10.9. The van der Waals surface area contributed by atoms with Gasteiger partial charge in [0.05, 0.1) is 12.7 Å². The van der Waals surface area contributed by atoms with E-state index in [1.807, 2.05) is 6.92 Å². The zero-order valence-corrected chi connectivity index (χ0v) is 19.6. The summed E-state index contributed by atoms with van der Waals surface area (Å²) in [4.78, 5) is 28.9. The number of carbonyl (C=O) groups excluding carboxylic acids is 2. The lowest BCUT2D eigenvalue weighted by Gasteiger charge is -2.17. The maximum absolute atomic E-state index is 13.8. The second kappa shape index (κ2) is 9.60. The predicted molar refractivity (Wildman–Crippen MR) is 126 cm³/mol. The van der Waals surface area contributed by atoms with Gasteiger partial charge in [0, 0.05) is 36.6 Å². The Hall–Kier alpha value is -4.35. The highest BCUT2D eigenvalue weighted by Gasteiger charge is 2.41. The number of halogens is 4. The first-order chi connectivity index (χ1) is 17.4. The molecule has 2 aromatic carbocycles. The van der Waals surface area contributed by atoms with Crippen molar-refractivity contribution in [2.24, 2.45) is 5.73 Å². The third-order valence-corrected chi connectivity index (χ3v) is 5.81. The van der Waals surface area contributed by atoms with Gasteiger partial charge in [0.2, 0.25) is 0 Å². The number of anilines is 1. The van der Waals surface area contributed by atoms with Crippen molar-refractivity contribution in [2.45, 2.75) is 31.5 Å². The molecule has 196 valence electrons. The summed E-state index contributed by atoms with van der Waals surface area (Å²) in [6, 6.07) is 8.13. The number of nitrogens with two attached hydrogens (primary N) is 1. The van der Waals surface area contributed by atoms with E-state index in [0.29, 0.717) is 5.69 Å². The van der Waals surface area contributed by atoms with Gasteiger partial charge in [-0.05, 0) is 43.2 Å². The predicted octanol–water partition coefficient (Wildman–Crippen LogP) is 5.57. The highest BCUT2D eigenvalue weighted by molar-refractivity contribution is 6.06. The molecule has 3 N–H and O–H groups in total. The molecule has 1 heterocycles. The van der Waals surface area contributed by atoms with Crippen LogP contribution in [0, 0.1) is 5.82 Å². The van der Waals surface area contributed by atoms with Crippen LogP contribution in [0.1, 0.15) is 47.6 Å². The van der Waals surface area contributed by atoms with Gasteiger partial charge in [0.1, 0.15) is 22.9 Å². The van der Waals surface area contributed by atoms with E-state index in [0.717, 1.165) is 37.1 Å². The first kappa shape index (κ1) is 25.7. The van der Waals surface area contributed by atoms with Crippen molar-refractivity contribution in [3.05, 3.63) is 71.3 Å². The summed E-state index contributed by atoms with van der Waals surface area (Å²) in [6.07, 6.45) is -1.84. The van der Waals surface area contributed by atoms with Gasteiger partial charge in [-0.15, -0.1) is 13.2 Å². The average Bonchev–Trinajstić information content (AvgIpc) is 3.58. The van der Waals surface area contributed by atoms with Crippen LogP contribution in [0.4, 0.5) is 23.2 Å². The minimum absolute atomic E-state index is 0. The van der Waals surface area contributed by atoms with Crippen LogP contribution in [-0.4, -0.2) is 30.3 Å². The van der Waals surface area contributed by atoms with Crippen LogP contribution in [-0.2, 0) is 5.41 Å². The number of rotatable bonds is 8. The Morgan fingerprint density at radius 2 is 1.78 bits per heavy atom. The van der Waals surface area contributed by atoms with Crippen LogP contribution >= 0.6 is 0 Å². The molecule has 0 radical (unpaired) electrons. The number of benzene rings is 2. The SMILES string of the molecule is COc1cc(OC(F)(F)F)ccc1Oc1cc(C2(C)CC2)ncc1C(=O)Nc1ccc(F)c(C(N)=O)c1.[HH]. The Morgan fingerprint density at radius 1 is 1.05 bits per heavy atom. The van der Waals surface area contributed by atoms with Crippen LogP contribution in [0.25, 0.3) is 0 Å². The van der Waals surface area contributed by atoms with E-state index in [2.05, 4.69) is 15.0 Å². The lowest BCUT2D eigenvalue weighted by atomic mass is 10.0. The lowest BCUT2D eigenvalue weighted by molar-refractivity contribution is -0.274. The molecule has 0 atom stereocenters. The summed E-state index contributed by atoms with van der Waals surface area (Å²) < 4.78 is 66.6. The molecule has 3 aromatic rings. The number of nitrogens with zero attached hydrogens (tertiary/aromatic N) is 1. The van der Waals surface area contributed by atoms with Gasteiger partial charge in [0.25, 0.3) is 11.8 Å². The summed E-state index contributed by atoms with van der Waals surface area (Å²) in [6.45, 7) is 1.99. The average molecular weight is 521 g/mol. The molecule has 0 unspecified atom stereocenters. The summed E-state index contributed by atoms with van der Waals surface area (Å²) in [5, 5.41) is 2.53. The zero-order chi connectivity index (χ0) is 27.0. The molecule has 37 heavy (non-hydrogen) atoms. The van der Waals surface area contributed by atoms with Gasteiger partial charge in [-0.2, -0.15) is 0 Å². The highest BCUT2D eigenvalue weighted by atomic mass is 19.4. The van der Waals surface area contributed by atoms with Gasteiger partial charge in [-0.3, -0.25) is 14.6 Å². The number of methoxy groups -OCH3 is 1. The standard InChI is InChI=1S/C25H21F4N3O5.H2/c1-24(7-8-24)21-11-19(36-18-6-4-14(10-20(18)35-2)37-25(27,28)29)16(12-31-21)23(34)32-13-3-5-17(26)15(9-13)22(30)33;/h3-6,9-12H,7-8H2,1-2H3,(H2,30,33)(H,32,34);1H. The molecular formula is C25H23F4N3O5. The minimum atomic E-state index is -4.90. The van der Waals surface area contributed by atoms with Gasteiger partial charge in [0.15, 0.2) is 11.5 Å². The summed E-state index contributed by atoms with van der Waals surface area (Å²) in [5.74, 6) is -3.08. The molecule has 1 aromatic heterocycles. The van der Waals surface area contributed by atoms with Crippen LogP contribution < -0.4 is 25.3 Å². The monoisotopic (exact) mass is 521 g/mol. The molecule has 8 nitrogen and oxygen atoms in total. The van der Waals surface area contributed by atoms with Crippen molar-refractivity contribution in [3.8, 4) is 23.0 Å². The van der Waals surface area contributed by atoms with E-state index in [4.69, 9.17) is 15.2 Å². The number of aromatic nitrogens is 1. The number of primary amides is 1. The van der Waals surface area contributed by atoms with Crippen LogP contribution in [0.2, 0.25) is 0 Å². The second-order valence-corrected chi connectivity index (χ2v) is 8.60. The highest BCUT2D eigenvalue weighted by Crippen LogP contribution is 2.48. The van der Waals surface area contributed by atoms with Gasteiger partial charge in [-0.1, -0.05) is 6.92 Å². The Labute approximate surface area is 209 Å². The maximum atomic E-state index is 13.8. The quantitative estimate of drug-likeness (QED) is 0.375. The molecule has 0 spiro atoms. The zero-order valence-electron chi connectivity index (χ0n) is 19.6. The minimum Gasteiger partial charge on any atom is -0.493 e.